The number of nitrogens with one attached hydrogen (secondary N) is 1. The highest BCUT2D eigenvalue weighted by molar-refractivity contribution is 5.48. The topological polar surface area (TPSA) is 21.3 Å². The van der Waals surface area contributed by atoms with Crippen molar-refractivity contribution in [2.24, 2.45) is 0 Å². The van der Waals surface area contributed by atoms with Gasteiger partial charge in [0.05, 0.1) is 12.6 Å². The molecular weight excluding hydrogens is 198 g/mol. The minimum absolute atomic E-state index is 0.255. The van der Waals surface area contributed by atoms with Crippen LogP contribution in [0.15, 0.2) is 24.3 Å². The number of rotatable bonds is 5. The molecule has 0 heterocycles. The summed E-state index contributed by atoms with van der Waals surface area (Å²) in [6.45, 7) is 6.69. The Kier molecular flexibility index (Phi) is 5.28. The minimum Gasteiger partial charge on any atom is -0.491 e. The summed E-state index contributed by atoms with van der Waals surface area (Å²) < 4.78 is 5.73. The predicted molar refractivity (Wildman–Crippen MR) is 68.8 cm³/mol. The Morgan fingerprint density at radius 1 is 1.44 bits per heavy atom. The number of ether oxygens (including phenoxy) is 1. The van der Waals surface area contributed by atoms with Gasteiger partial charge in [-0.1, -0.05) is 18.9 Å². The smallest absolute Gasteiger partial charge is 0.121 e. The predicted octanol–water partition coefficient (Wildman–Crippen LogP) is 3.30. The zero-order valence-electron chi connectivity index (χ0n) is 10.2. The zero-order valence-corrected chi connectivity index (χ0v) is 10.2. The lowest BCUT2D eigenvalue weighted by atomic mass is 10.2. The normalized spacial score (nSPS) is 11.2. The molecule has 0 amide bonds. The fourth-order valence-corrected chi connectivity index (χ4v) is 1.23. The molecule has 86 valence electrons. The summed E-state index contributed by atoms with van der Waals surface area (Å²) in [4.78, 5) is 0. The Bertz CT molecular complexity index is 376. The van der Waals surface area contributed by atoms with Crippen LogP contribution >= 0.6 is 0 Å². The Balaban J connectivity index is 2.58. The third-order valence-electron chi connectivity index (χ3n) is 2.30. The highest BCUT2D eigenvalue weighted by Gasteiger charge is 2.01. The third kappa shape index (κ3) is 4.27. The Morgan fingerprint density at radius 3 is 2.94 bits per heavy atom. The van der Waals surface area contributed by atoms with E-state index in [-0.39, 0.29) is 6.10 Å². The van der Waals surface area contributed by atoms with Crippen LogP contribution in [0.1, 0.15) is 27.2 Å². The van der Waals surface area contributed by atoms with Crippen molar-refractivity contribution in [2.75, 3.05) is 11.9 Å². The molecule has 0 aliphatic heterocycles. The fourth-order valence-electron chi connectivity index (χ4n) is 1.23. The lowest BCUT2D eigenvalue weighted by Crippen LogP contribution is -2.09. The van der Waals surface area contributed by atoms with Gasteiger partial charge in [0.25, 0.3) is 0 Å². The van der Waals surface area contributed by atoms with Gasteiger partial charge in [0, 0.05) is 11.8 Å². The Hall–Kier alpha value is -1.62. The first kappa shape index (κ1) is 12.4. The number of benzene rings is 1. The molecule has 0 spiro atoms. The van der Waals surface area contributed by atoms with Crippen LogP contribution in [0.25, 0.3) is 0 Å². The van der Waals surface area contributed by atoms with E-state index in [0.717, 1.165) is 17.9 Å². The fraction of sp³-hybridized carbons (Fsp3) is 0.429. The molecule has 0 radical (unpaired) electrons. The number of hydrogen-bond acceptors (Lipinski definition) is 2. The lowest BCUT2D eigenvalue weighted by Gasteiger charge is -2.13. The number of anilines is 1. The summed E-state index contributed by atoms with van der Waals surface area (Å²) in [5.41, 5.74) is 1.04. The van der Waals surface area contributed by atoms with E-state index in [4.69, 9.17) is 4.74 Å². The van der Waals surface area contributed by atoms with E-state index >= 15 is 0 Å². The molecule has 0 bridgehead atoms. The molecule has 0 saturated heterocycles. The maximum absolute atomic E-state index is 5.73. The summed E-state index contributed by atoms with van der Waals surface area (Å²) in [6, 6.07) is 7.98. The van der Waals surface area contributed by atoms with E-state index in [1.54, 1.807) is 0 Å². The summed E-state index contributed by atoms with van der Waals surface area (Å²) in [5, 5.41) is 3.22. The first-order valence-electron chi connectivity index (χ1n) is 5.66. The van der Waals surface area contributed by atoms with Crippen molar-refractivity contribution in [3.8, 4) is 17.6 Å². The van der Waals surface area contributed by atoms with E-state index in [2.05, 4.69) is 31.0 Å². The average Bonchev–Trinajstić information content (AvgIpc) is 2.30. The van der Waals surface area contributed by atoms with Crippen LogP contribution in [0.4, 0.5) is 5.69 Å². The quantitative estimate of drug-likeness (QED) is 0.764. The van der Waals surface area contributed by atoms with Gasteiger partial charge >= 0.3 is 0 Å². The van der Waals surface area contributed by atoms with Crippen LogP contribution in [-0.2, 0) is 0 Å². The first-order chi connectivity index (χ1) is 7.76. The maximum atomic E-state index is 5.73. The molecule has 0 fully saturated rings. The van der Waals surface area contributed by atoms with Crippen molar-refractivity contribution in [1.82, 2.24) is 0 Å². The van der Waals surface area contributed by atoms with Crippen LogP contribution < -0.4 is 10.1 Å². The van der Waals surface area contributed by atoms with Crippen LogP contribution in [0, 0.1) is 11.8 Å². The van der Waals surface area contributed by atoms with Crippen molar-refractivity contribution in [2.45, 2.75) is 33.3 Å². The van der Waals surface area contributed by atoms with Gasteiger partial charge in [-0.05, 0) is 32.4 Å². The highest BCUT2D eigenvalue weighted by atomic mass is 16.5. The monoisotopic (exact) mass is 217 g/mol. The second-order valence-electron chi connectivity index (χ2n) is 3.64. The lowest BCUT2D eigenvalue weighted by molar-refractivity contribution is 0.217. The summed E-state index contributed by atoms with van der Waals surface area (Å²) in [5.74, 6) is 6.72. The van der Waals surface area contributed by atoms with E-state index in [0.29, 0.717) is 6.54 Å². The van der Waals surface area contributed by atoms with E-state index < -0.39 is 0 Å². The van der Waals surface area contributed by atoms with Gasteiger partial charge in [-0.3, -0.25) is 0 Å². The SMILES string of the molecule is CC#CCNc1cccc(OC(C)CC)c1. The first-order valence-corrected chi connectivity index (χ1v) is 5.66. The molecule has 0 aromatic heterocycles. The molecule has 1 atom stereocenters. The molecule has 1 aromatic carbocycles. The van der Waals surface area contributed by atoms with E-state index in [1.807, 2.05) is 31.2 Å². The molecule has 2 nitrogen and oxygen atoms in total. The second kappa shape index (κ2) is 6.79. The van der Waals surface area contributed by atoms with Gasteiger partial charge in [-0.25, -0.2) is 0 Å². The van der Waals surface area contributed by atoms with Crippen molar-refractivity contribution in [1.29, 1.82) is 0 Å². The van der Waals surface area contributed by atoms with Gasteiger partial charge in [0.1, 0.15) is 5.75 Å². The van der Waals surface area contributed by atoms with Crippen molar-refractivity contribution in [3.63, 3.8) is 0 Å². The van der Waals surface area contributed by atoms with Crippen molar-refractivity contribution in [3.05, 3.63) is 24.3 Å². The number of hydrogen-bond donors (Lipinski definition) is 1. The highest BCUT2D eigenvalue weighted by Crippen LogP contribution is 2.18. The van der Waals surface area contributed by atoms with Crippen LogP contribution in [-0.4, -0.2) is 12.6 Å². The average molecular weight is 217 g/mol. The summed E-state index contributed by atoms with van der Waals surface area (Å²) >= 11 is 0. The minimum atomic E-state index is 0.255. The summed E-state index contributed by atoms with van der Waals surface area (Å²) in [6.07, 6.45) is 1.27. The third-order valence-corrected chi connectivity index (χ3v) is 2.30. The van der Waals surface area contributed by atoms with Crippen molar-refractivity contribution < 1.29 is 4.74 Å². The van der Waals surface area contributed by atoms with Crippen molar-refractivity contribution >= 4 is 5.69 Å². The van der Waals surface area contributed by atoms with Crippen LogP contribution in [0.5, 0.6) is 5.75 Å². The Labute approximate surface area is 98.0 Å². The van der Waals surface area contributed by atoms with E-state index in [9.17, 15) is 0 Å². The maximum Gasteiger partial charge on any atom is 0.121 e. The van der Waals surface area contributed by atoms with E-state index in [1.165, 1.54) is 0 Å². The van der Waals surface area contributed by atoms with Gasteiger partial charge in [0.15, 0.2) is 0 Å². The van der Waals surface area contributed by atoms with Gasteiger partial charge in [-0.15, -0.1) is 5.92 Å². The zero-order chi connectivity index (χ0) is 11.8. The molecule has 1 N–H and O–H groups in total. The molecular formula is C14H19NO. The van der Waals surface area contributed by atoms with Gasteiger partial charge in [0.2, 0.25) is 0 Å². The van der Waals surface area contributed by atoms with Crippen LogP contribution in [0.3, 0.4) is 0 Å². The largest absolute Gasteiger partial charge is 0.491 e. The molecule has 0 saturated carbocycles. The molecule has 16 heavy (non-hydrogen) atoms. The molecule has 0 aliphatic rings. The standard InChI is InChI=1S/C14H19NO/c1-4-6-10-15-13-8-7-9-14(11-13)16-12(3)5-2/h7-9,11-12,15H,5,10H2,1-3H3. The molecule has 1 rings (SSSR count). The molecule has 0 aliphatic carbocycles. The molecule has 1 aromatic rings. The second-order valence-corrected chi connectivity index (χ2v) is 3.64. The van der Waals surface area contributed by atoms with Gasteiger partial charge < -0.3 is 10.1 Å². The summed E-state index contributed by atoms with van der Waals surface area (Å²) in [7, 11) is 0. The molecule has 2 heteroatoms. The van der Waals surface area contributed by atoms with Crippen LogP contribution in [0.2, 0.25) is 0 Å². The Morgan fingerprint density at radius 2 is 2.25 bits per heavy atom. The van der Waals surface area contributed by atoms with Gasteiger partial charge in [-0.2, -0.15) is 0 Å². The molecule has 1 unspecified atom stereocenters.